The van der Waals surface area contributed by atoms with Crippen molar-refractivity contribution in [1.82, 2.24) is 9.55 Å². The number of H-pyrrole nitrogens is 1. The van der Waals surface area contributed by atoms with Gasteiger partial charge in [0.2, 0.25) is 0 Å². The maximum absolute atomic E-state index is 13.5. The third kappa shape index (κ3) is 5.78. The van der Waals surface area contributed by atoms with Crippen LogP contribution < -0.4 is 0 Å². The van der Waals surface area contributed by atoms with Gasteiger partial charge in [0.1, 0.15) is 29.6 Å². The summed E-state index contributed by atoms with van der Waals surface area (Å²) in [4.78, 5) is 14.8. The Hall–Kier alpha value is -3.62. The van der Waals surface area contributed by atoms with Gasteiger partial charge in [-0.1, -0.05) is 0 Å². The lowest BCUT2D eigenvalue weighted by Gasteiger charge is -2.07. The van der Waals surface area contributed by atoms with Crippen LogP contribution in [0.25, 0.3) is 5.69 Å². The molecule has 2 aromatic carbocycles. The van der Waals surface area contributed by atoms with E-state index in [1.165, 1.54) is 25.0 Å². The van der Waals surface area contributed by atoms with Crippen molar-refractivity contribution < 1.29 is 13.6 Å². The monoisotopic (exact) mass is 504 g/mol. The van der Waals surface area contributed by atoms with Crippen LogP contribution >= 0.6 is 12.2 Å². The van der Waals surface area contributed by atoms with E-state index in [9.17, 15) is 13.6 Å². The second kappa shape index (κ2) is 10.6. The highest BCUT2D eigenvalue weighted by Gasteiger charge is 2.29. The molecule has 184 valence electrons. The van der Waals surface area contributed by atoms with E-state index in [0.29, 0.717) is 29.3 Å². The lowest BCUT2D eigenvalue weighted by atomic mass is 9.99. The first-order chi connectivity index (χ1) is 17.2. The number of carbonyl (C=O) groups is 1. The normalized spacial score (nSPS) is 14.4. The second-order valence-electron chi connectivity index (χ2n) is 9.50. The zero-order valence-corrected chi connectivity index (χ0v) is 21.0. The summed E-state index contributed by atoms with van der Waals surface area (Å²) in [6.45, 7) is 3.62. The largest absolute Gasteiger partial charge is 0.334 e. The van der Waals surface area contributed by atoms with Crippen LogP contribution in [-0.2, 0) is 11.2 Å². The molecule has 1 N–H and O–H groups in total. The van der Waals surface area contributed by atoms with Gasteiger partial charge in [-0.05, 0) is 99.1 Å². The lowest BCUT2D eigenvalue weighted by molar-refractivity contribution is -0.120. The van der Waals surface area contributed by atoms with Crippen molar-refractivity contribution in [2.75, 3.05) is 0 Å². The minimum Gasteiger partial charge on any atom is -0.334 e. The minimum absolute atomic E-state index is 0.0386. The fraction of sp³-hybridized carbons (Fsp3) is 0.357. The zero-order valence-electron chi connectivity index (χ0n) is 20.2. The molecule has 2 saturated carbocycles. The van der Waals surface area contributed by atoms with Crippen LogP contribution in [-0.4, -0.2) is 15.3 Å². The van der Waals surface area contributed by atoms with Gasteiger partial charge in [-0.15, -0.1) is 0 Å². The number of nitriles is 2. The van der Waals surface area contributed by atoms with E-state index in [0.717, 1.165) is 40.9 Å². The molecule has 5 rings (SSSR count). The molecular formula is C28H26F2N4OS. The molecule has 36 heavy (non-hydrogen) atoms. The number of hydrogen-bond acceptors (Lipinski definition) is 4. The van der Waals surface area contributed by atoms with Crippen LogP contribution in [0.2, 0.25) is 0 Å². The average molecular weight is 505 g/mol. The van der Waals surface area contributed by atoms with E-state index in [-0.39, 0.29) is 17.0 Å². The first-order valence-electron chi connectivity index (χ1n) is 12.0. The molecule has 3 aromatic rings. The highest BCUT2D eigenvalue weighted by Crippen LogP contribution is 2.39. The molecule has 2 fully saturated rings. The molecule has 0 bridgehead atoms. The molecule has 1 heterocycles. The highest BCUT2D eigenvalue weighted by atomic mass is 32.1. The summed E-state index contributed by atoms with van der Waals surface area (Å²) in [5.41, 5.74) is 4.44. The van der Waals surface area contributed by atoms with Crippen molar-refractivity contribution in [2.45, 2.75) is 58.3 Å². The summed E-state index contributed by atoms with van der Waals surface area (Å²) in [5.74, 6) is 0.160. The molecule has 0 unspecified atom stereocenters. The van der Waals surface area contributed by atoms with Crippen LogP contribution in [0.3, 0.4) is 0 Å². The van der Waals surface area contributed by atoms with Crippen LogP contribution in [0.1, 0.15) is 71.5 Å². The van der Waals surface area contributed by atoms with Gasteiger partial charge in [-0.2, -0.15) is 10.5 Å². The molecule has 0 spiro atoms. The van der Waals surface area contributed by atoms with Gasteiger partial charge in [0, 0.05) is 30.1 Å². The van der Waals surface area contributed by atoms with Gasteiger partial charge in [0.15, 0.2) is 4.77 Å². The number of imidazole rings is 1. The maximum atomic E-state index is 13.5. The van der Waals surface area contributed by atoms with Crippen LogP contribution in [0.4, 0.5) is 8.78 Å². The third-order valence-electron chi connectivity index (χ3n) is 6.64. The van der Waals surface area contributed by atoms with E-state index in [4.69, 9.17) is 22.7 Å². The Bertz CT molecular complexity index is 1470. The number of aromatic amines is 1. The number of aryl methyl sites for hydroxylation is 3. The predicted octanol–water partition coefficient (Wildman–Crippen LogP) is 6.65. The van der Waals surface area contributed by atoms with Crippen LogP contribution in [0.15, 0.2) is 30.5 Å². The van der Waals surface area contributed by atoms with E-state index in [1.807, 2.05) is 29.8 Å². The Morgan fingerprint density at radius 1 is 1.03 bits per heavy atom. The molecule has 2 aliphatic rings. The standard InChI is InChI=1S/C14H12FN3S.C14H14FNO/c1-8-4-11(15)10(6-16)5-13(8)18-7-12(9-2-3-9)17-14(18)19;1-9-6-13(15)12(8-16)7-11(9)4-5-14(17)10-2-3-10/h4-5,7,9H,2-3H2,1H3,(H,17,19);6-7,10H,2-5H2,1H3. The van der Waals surface area contributed by atoms with Crippen LogP contribution in [0, 0.1) is 58.8 Å². The van der Waals surface area contributed by atoms with Crippen molar-refractivity contribution >= 4 is 18.0 Å². The smallest absolute Gasteiger partial charge is 0.182 e. The van der Waals surface area contributed by atoms with E-state index in [1.54, 1.807) is 19.1 Å². The minimum atomic E-state index is -0.492. The summed E-state index contributed by atoms with van der Waals surface area (Å²) >= 11 is 5.30. The quantitative estimate of drug-likeness (QED) is 0.381. The number of nitrogens with zero attached hydrogens (tertiary/aromatic N) is 3. The number of ketones is 1. The van der Waals surface area contributed by atoms with Crippen molar-refractivity contribution in [3.05, 3.63) is 80.4 Å². The predicted molar refractivity (Wildman–Crippen MR) is 134 cm³/mol. The number of carbonyl (C=O) groups excluding carboxylic acids is 1. The number of nitrogens with one attached hydrogen (secondary N) is 1. The van der Waals surface area contributed by atoms with E-state index < -0.39 is 11.6 Å². The topological polar surface area (TPSA) is 85.4 Å². The van der Waals surface area contributed by atoms with Gasteiger partial charge in [0.25, 0.3) is 0 Å². The molecular weight excluding hydrogens is 478 g/mol. The number of halogens is 2. The summed E-state index contributed by atoms with van der Waals surface area (Å²) in [6, 6.07) is 9.54. The Morgan fingerprint density at radius 2 is 1.64 bits per heavy atom. The lowest BCUT2D eigenvalue weighted by Crippen LogP contribution is -2.03. The number of Topliss-reactive ketones (excluding diaryl/α,β-unsaturated/α-hetero) is 1. The number of rotatable bonds is 6. The van der Waals surface area contributed by atoms with Gasteiger partial charge in [0.05, 0.1) is 16.8 Å². The Balaban J connectivity index is 0.000000170. The van der Waals surface area contributed by atoms with E-state index >= 15 is 0 Å². The van der Waals surface area contributed by atoms with Gasteiger partial charge in [-0.3, -0.25) is 9.36 Å². The average Bonchev–Trinajstić information content (AvgIpc) is 3.77. The number of aromatic nitrogens is 2. The highest BCUT2D eigenvalue weighted by molar-refractivity contribution is 7.71. The molecule has 0 saturated heterocycles. The summed E-state index contributed by atoms with van der Waals surface area (Å²) in [5, 5.41) is 17.7. The van der Waals surface area contributed by atoms with E-state index in [2.05, 4.69) is 4.98 Å². The molecule has 8 heteroatoms. The number of hydrogen-bond donors (Lipinski definition) is 1. The van der Waals surface area contributed by atoms with Crippen LogP contribution in [0.5, 0.6) is 0 Å². The van der Waals surface area contributed by atoms with Crippen molar-refractivity contribution in [3.63, 3.8) is 0 Å². The van der Waals surface area contributed by atoms with Gasteiger partial charge >= 0.3 is 0 Å². The van der Waals surface area contributed by atoms with Crippen molar-refractivity contribution in [3.8, 4) is 17.8 Å². The number of benzene rings is 2. The third-order valence-corrected chi connectivity index (χ3v) is 6.94. The molecule has 1 aromatic heterocycles. The SMILES string of the molecule is Cc1cc(F)c(C#N)cc1-n1cc(C2CC2)[nH]c1=S.Cc1cc(F)c(C#N)cc1CCC(=O)C1CC1. The molecule has 0 amide bonds. The summed E-state index contributed by atoms with van der Waals surface area (Å²) in [6.07, 6.45) is 7.47. The molecule has 2 aliphatic carbocycles. The Kier molecular flexibility index (Phi) is 7.47. The van der Waals surface area contributed by atoms with Gasteiger partial charge in [-0.25, -0.2) is 8.78 Å². The Labute approximate surface area is 214 Å². The fourth-order valence-electron chi connectivity index (χ4n) is 4.14. The zero-order chi connectivity index (χ0) is 26.0. The second-order valence-corrected chi connectivity index (χ2v) is 9.89. The molecule has 5 nitrogen and oxygen atoms in total. The van der Waals surface area contributed by atoms with Gasteiger partial charge < -0.3 is 4.98 Å². The first kappa shape index (κ1) is 25.5. The Morgan fingerprint density at radius 3 is 2.22 bits per heavy atom. The maximum Gasteiger partial charge on any atom is 0.182 e. The van der Waals surface area contributed by atoms with Crippen molar-refractivity contribution in [2.24, 2.45) is 5.92 Å². The summed E-state index contributed by atoms with van der Waals surface area (Å²) in [7, 11) is 0. The molecule has 0 aliphatic heterocycles. The summed E-state index contributed by atoms with van der Waals surface area (Å²) < 4.78 is 29.2. The fourth-order valence-corrected chi connectivity index (χ4v) is 4.41. The molecule has 0 radical (unpaired) electrons. The van der Waals surface area contributed by atoms with Crippen molar-refractivity contribution in [1.29, 1.82) is 10.5 Å². The molecule has 0 atom stereocenters. The first-order valence-corrected chi connectivity index (χ1v) is 12.4.